The standard InChI is InChI=1S/C22H23N3O5/c1-3-14-5-4-6-16(11-14)23-19(26)13-25-20(27)22(2,24-21(25)28)15-7-8-17-18(12-15)30-10-9-29-17/h4-8,11-12H,3,9-10,13H2,1-2H3,(H,23,26)(H,24,28)/t22-/m1/s1. The number of benzene rings is 2. The van der Waals surface area contributed by atoms with E-state index in [0.29, 0.717) is 36.0 Å². The van der Waals surface area contributed by atoms with E-state index in [-0.39, 0.29) is 6.54 Å². The van der Waals surface area contributed by atoms with Crippen LogP contribution in [0.5, 0.6) is 11.5 Å². The second-order valence-corrected chi connectivity index (χ2v) is 7.41. The molecule has 0 saturated carbocycles. The monoisotopic (exact) mass is 409 g/mol. The summed E-state index contributed by atoms with van der Waals surface area (Å²) in [6, 6.07) is 11.9. The molecule has 30 heavy (non-hydrogen) atoms. The third-order valence-corrected chi connectivity index (χ3v) is 5.32. The van der Waals surface area contributed by atoms with E-state index in [0.717, 1.165) is 16.9 Å². The topological polar surface area (TPSA) is 97.0 Å². The van der Waals surface area contributed by atoms with E-state index in [9.17, 15) is 14.4 Å². The SMILES string of the molecule is CCc1cccc(NC(=O)CN2C(=O)N[C@](C)(c3ccc4c(c3)OCCO4)C2=O)c1. The van der Waals surface area contributed by atoms with Gasteiger partial charge in [-0.2, -0.15) is 0 Å². The molecule has 0 bridgehead atoms. The normalized spacial score (nSPS) is 20.1. The molecular formula is C22H23N3O5. The highest BCUT2D eigenvalue weighted by Crippen LogP contribution is 2.36. The molecule has 2 aliphatic heterocycles. The molecule has 4 rings (SSSR count). The molecule has 1 fully saturated rings. The maximum atomic E-state index is 13.1. The van der Waals surface area contributed by atoms with Gasteiger partial charge >= 0.3 is 6.03 Å². The van der Waals surface area contributed by atoms with E-state index in [1.807, 2.05) is 25.1 Å². The van der Waals surface area contributed by atoms with E-state index < -0.39 is 23.4 Å². The molecule has 4 amide bonds. The Morgan fingerprint density at radius 1 is 1.13 bits per heavy atom. The van der Waals surface area contributed by atoms with Gasteiger partial charge in [-0.25, -0.2) is 4.79 Å². The highest BCUT2D eigenvalue weighted by Gasteiger charge is 2.49. The summed E-state index contributed by atoms with van der Waals surface area (Å²) < 4.78 is 11.1. The summed E-state index contributed by atoms with van der Waals surface area (Å²) in [5, 5.41) is 5.45. The van der Waals surface area contributed by atoms with Gasteiger partial charge in [-0.15, -0.1) is 0 Å². The fourth-order valence-electron chi connectivity index (χ4n) is 3.60. The Hall–Kier alpha value is -3.55. The number of rotatable bonds is 5. The molecule has 156 valence electrons. The molecule has 0 radical (unpaired) electrons. The number of carbonyl (C=O) groups excluding carboxylic acids is 3. The van der Waals surface area contributed by atoms with E-state index in [2.05, 4.69) is 10.6 Å². The van der Waals surface area contributed by atoms with E-state index in [4.69, 9.17) is 9.47 Å². The number of hydrogen-bond donors (Lipinski definition) is 2. The summed E-state index contributed by atoms with van der Waals surface area (Å²) in [5.41, 5.74) is 0.966. The minimum Gasteiger partial charge on any atom is -0.486 e. The smallest absolute Gasteiger partial charge is 0.325 e. The van der Waals surface area contributed by atoms with E-state index >= 15 is 0 Å². The molecule has 8 nitrogen and oxygen atoms in total. The molecule has 2 N–H and O–H groups in total. The lowest BCUT2D eigenvalue weighted by molar-refractivity contribution is -0.133. The lowest BCUT2D eigenvalue weighted by atomic mass is 9.91. The van der Waals surface area contributed by atoms with Gasteiger partial charge in [-0.05, 0) is 48.7 Å². The zero-order chi connectivity index (χ0) is 21.3. The van der Waals surface area contributed by atoms with Gasteiger partial charge in [0.05, 0.1) is 0 Å². The second kappa shape index (κ2) is 7.70. The minimum absolute atomic E-state index is 0.374. The summed E-state index contributed by atoms with van der Waals surface area (Å²) >= 11 is 0. The lowest BCUT2D eigenvalue weighted by Gasteiger charge is -2.25. The highest BCUT2D eigenvalue weighted by molar-refractivity contribution is 6.10. The summed E-state index contributed by atoms with van der Waals surface area (Å²) in [4.78, 5) is 39.0. The first-order valence-corrected chi connectivity index (χ1v) is 9.84. The fourth-order valence-corrected chi connectivity index (χ4v) is 3.60. The predicted octanol–water partition coefficient (Wildman–Crippen LogP) is 2.43. The van der Waals surface area contributed by atoms with Gasteiger partial charge in [0.2, 0.25) is 5.91 Å². The van der Waals surface area contributed by atoms with Crippen LogP contribution in [0, 0.1) is 0 Å². The molecule has 0 unspecified atom stereocenters. The number of ether oxygens (including phenoxy) is 2. The first kappa shape index (κ1) is 19.8. The van der Waals surface area contributed by atoms with Crippen molar-refractivity contribution in [1.82, 2.24) is 10.2 Å². The zero-order valence-corrected chi connectivity index (χ0v) is 16.9. The van der Waals surface area contributed by atoms with Crippen molar-refractivity contribution in [2.24, 2.45) is 0 Å². The van der Waals surface area contributed by atoms with Crippen LogP contribution in [0.4, 0.5) is 10.5 Å². The van der Waals surface area contributed by atoms with Crippen molar-refractivity contribution in [3.05, 3.63) is 53.6 Å². The molecule has 0 spiro atoms. The van der Waals surface area contributed by atoms with Crippen LogP contribution in [-0.2, 0) is 21.5 Å². The molecule has 1 atom stereocenters. The average Bonchev–Trinajstić information content (AvgIpc) is 2.97. The van der Waals surface area contributed by atoms with Crippen LogP contribution in [0.1, 0.15) is 25.0 Å². The largest absolute Gasteiger partial charge is 0.486 e. The summed E-state index contributed by atoms with van der Waals surface area (Å²) in [7, 11) is 0. The first-order chi connectivity index (χ1) is 14.4. The molecule has 2 aliphatic rings. The second-order valence-electron chi connectivity index (χ2n) is 7.41. The van der Waals surface area contributed by atoms with Crippen LogP contribution in [-0.4, -0.2) is 42.5 Å². The van der Waals surface area contributed by atoms with Crippen molar-refractivity contribution in [2.45, 2.75) is 25.8 Å². The number of aryl methyl sites for hydroxylation is 1. The number of hydrogen-bond acceptors (Lipinski definition) is 5. The summed E-state index contributed by atoms with van der Waals surface area (Å²) in [5.74, 6) is 0.171. The van der Waals surface area contributed by atoms with E-state index in [1.54, 1.807) is 31.2 Å². The number of amides is 4. The van der Waals surface area contributed by atoms with E-state index in [1.165, 1.54) is 0 Å². The van der Waals surface area contributed by atoms with Crippen molar-refractivity contribution >= 4 is 23.5 Å². The first-order valence-electron chi connectivity index (χ1n) is 9.84. The Balaban J connectivity index is 1.50. The van der Waals surface area contributed by atoms with Crippen LogP contribution in [0.25, 0.3) is 0 Å². The number of anilines is 1. The molecule has 1 saturated heterocycles. The summed E-state index contributed by atoms with van der Waals surface area (Å²) in [6.07, 6.45) is 0.838. The van der Waals surface area contributed by atoms with Crippen LogP contribution in [0.3, 0.4) is 0 Å². The third kappa shape index (κ3) is 3.56. The van der Waals surface area contributed by atoms with Crippen LogP contribution < -0.4 is 20.1 Å². The Labute approximate surface area is 174 Å². The van der Waals surface area contributed by atoms with Crippen molar-refractivity contribution < 1.29 is 23.9 Å². The van der Waals surface area contributed by atoms with Gasteiger partial charge in [0.25, 0.3) is 5.91 Å². The maximum absolute atomic E-state index is 13.1. The van der Waals surface area contributed by atoms with Crippen LogP contribution in [0.2, 0.25) is 0 Å². The van der Waals surface area contributed by atoms with Crippen molar-refractivity contribution in [3.63, 3.8) is 0 Å². The van der Waals surface area contributed by atoms with Gasteiger partial charge in [0.1, 0.15) is 25.3 Å². The zero-order valence-electron chi connectivity index (χ0n) is 16.9. The molecule has 0 aliphatic carbocycles. The molecule has 2 aromatic carbocycles. The van der Waals surface area contributed by atoms with Gasteiger partial charge < -0.3 is 20.1 Å². The molecule has 2 heterocycles. The number of urea groups is 1. The van der Waals surface area contributed by atoms with Gasteiger partial charge in [0, 0.05) is 5.69 Å². The molecule has 0 aromatic heterocycles. The Morgan fingerprint density at radius 3 is 2.67 bits per heavy atom. The van der Waals surface area contributed by atoms with Crippen molar-refractivity contribution in [2.75, 3.05) is 25.1 Å². The number of nitrogens with zero attached hydrogens (tertiary/aromatic N) is 1. The Kier molecular flexibility index (Phi) is 5.07. The summed E-state index contributed by atoms with van der Waals surface area (Å²) in [6.45, 7) is 4.14. The Morgan fingerprint density at radius 2 is 1.90 bits per heavy atom. The van der Waals surface area contributed by atoms with Crippen molar-refractivity contribution in [3.8, 4) is 11.5 Å². The van der Waals surface area contributed by atoms with Crippen LogP contribution >= 0.6 is 0 Å². The minimum atomic E-state index is -1.30. The van der Waals surface area contributed by atoms with Crippen LogP contribution in [0.15, 0.2) is 42.5 Å². The number of fused-ring (bicyclic) bond motifs is 1. The molecular weight excluding hydrogens is 386 g/mol. The predicted molar refractivity (Wildman–Crippen MR) is 109 cm³/mol. The van der Waals surface area contributed by atoms with Gasteiger partial charge in [-0.1, -0.05) is 25.1 Å². The number of imide groups is 1. The lowest BCUT2D eigenvalue weighted by Crippen LogP contribution is -2.42. The fraction of sp³-hybridized carbons (Fsp3) is 0.318. The van der Waals surface area contributed by atoms with Gasteiger partial charge in [0.15, 0.2) is 11.5 Å². The molecule has 2 aromatic rings. The Bertz CT molecular complexity index is 1020. The number of carbonyl (C=O) groups is 3. The number of nitrogens with one attached hydrogen (secondary N) is 2. The average molecular weight is 409 g/mol. The molecule has 8 heteroatoms. The maximum Gasteiger partial charge on any atom is 0.325 e. The van der Waals surface area contributed by atoms with Crippen molar-refractivity contribution in [1.29, 1.82) is 0 Å². The highest BCUT2D eigenvalue weighted by atomic mass is 16.6. The van der Waals surface area contributed by atoms with Gasteiger partial charge in [-0.3, -0.25) is 14.5 Å². The third-order valence-electron chi connectivity index (χ3n) is 5.32. The quantitative estimate of drug-likeness (QED) is 0.740.